The number of nitrogens with one attached hydrogen (secondary N) is 1. The Hall–Kier alpha value is -2.97. The lowest BCUT2D eigenvalue weighted by atomic mass is 9.81. The molecule has 9 heteroatoms. The molecule has 148 valence electrons. The molecule has 0 unspecified atom stereocenters. The average molecular weight is 384 g/mol. The van der Waals surface area contributed by atoms with Gasteiger partial charge >= 0.3 is 0 Å². The predicted octanol–water partition coefficient (Wildman–Crippen LogP) is 2.11. The second-order valence-electron chi connectivity index (χ2n) is 7.33. The minimum absolute atomic E-state index is 0.0634. The van der Waals surface area contributed by atoms with Crippen molar-refractivity contribution in [2.75, 3.05) is 23.9 Å². The Morgan fingerprint density at radius 3 is 2.68 bits per heavy atom. The first-order chi connectivity index (χ1) is 13.6. The first kappa shape index (κ1) is 18.4. The molecule has 2 amide bonds. The van der Waals surface area contributed by atoms with Crippen molar-refractivity contribution < 1.29 is 14.3 Å². The number of carbonyl (C=O) groups excluding carboxylic acids is 2. The van der Waals surface area contributed by atoms with Gasteiger partial charge in [0.1, 0.15) is 17.6 Å². The number of nitrogens with zero attached hydrogens (tertiary/aromatic N) is 5. The molecule has 0 bridgehead atoms. The smallest absolute Gasteiger partial charge is 0.252 e. The van der Waals surface area contributed by atoms with Gasteiger partial charge in [0.15, 0.2) is 0 Å². The molecule has 0 spiro atoms. The lowest BCUT2D eigenvalue weighted by Gasteiger charge is -2.35. The molecule has 1 saturated carbocycles. The quantitative estimate of drug-likeness (QED) is 0.847. The largest absolute Gasteiger partial charge is 0.497 e. The number of aromatic nitrogens is 4. The maximum absolute atomic E-state index is 13.5. The van der Waals surface area contributed by atoms with Gasteiger partial charge in [-0.3, -0.25) is 9.59 Å². The molecule has 1 aromatic carbocycles. The Morgan fingerprint density at radius 2 is 2.04 bits per heavy atom. The maximum Gasteiger partial charge on any atom is 0.252 e. The lowest BCUT2D eigenvalue weighted by Crippen LogP contribution is -2.47. The molecule has 2 fully saturated rings. The van der Waals surface area contributed by atoms with Gasteiger partial charge in [-0.2, -0.15) is 0 Å². The zero-order valence-corrected chi connectivity index (χ0v) is 15.9. The average Bonchev–Trinajstić information content (AvgIpc) is 3.40. The minimum Gasteiger partial charge on any atom is -0.497 e. The van der Waals surface area contributed by atoms with Crippen LogP contribution < -0.4 is 15.0 Å². The highest BCUT2D eigenvalue weighted by Crippen LogP contribution is 2.38. The van der Waals surface area contributed by atoms with Gasteiger partial charge in [0.25, 0.3) is 5.91 Å². The molecule has 1 aromatic heterocycles. The van der Waals surface area contributed by atoms with Crippen molar-refractivity contribution in [2.45, 2.75) is 50.5 Å². The highest BCUT2D eigenvalue weighted by molar-refractivity contribution is 6.04. The van der Waals surface area contributed by atoms with E-state index in [4.69, 9.17) is 4.74 Å². The van der Waals surface area contributed by atoms with E-state index in [0.717, 1.165) is 25.7 Å². The van der Waals surface area contributed by atoms with E-state index in [1.807, 2.05) is 6.07 Å². The van der Waals surface area contributed by atoms with E-state index in [9.17, 15) is 9.59 Å². The van der Waals surface area contributed by atoms with E-state index in [2.05, 4.69) is 20.8 Å². The van der Waals surface area contributed by atoms with Crippen LogP contribution >= 0.6 is 0 Å². The van der Waals surface area contributed by atoms with E-state index in [0.29, 0.717) is 42.9 Å². The Morgan fingerprint density at radius 1 is 1.21 bits per heavy atom. The summed E-state index contributed by atoms with van der Waals surface area (Å²) in [5, 5.41) is 14.5. The number of methoxy groups -OCH3 is 1. The summed E-state index contributed by atoms with van der Waals surface area (Å²) in [6, 6.07) is 5.38. The van der Waals surface area contributed by atoms with Gasteiger partial charge in [0.05, 0.1) is 18.5 Å². The molecule has 4 rings (SSSR count). The van der Waals surface area contributed by atoms with Gasteiger partial charge in [-0.1, -0.05) is 19.3 Å². The second-order valence-corrected chi connectivity index (χ2v) is 7.33. The Labute approximate surface area is 163 Å². The standard InChI is InChI=1S/C19H24N6O3/c1-28-14-7-8-16(24-11-5-6-17(24)26)15(12-14)21-18(27)19(9-3-2-4-10-19)25-13-20-22-23-25/h7-8,12-13H,2-6,9-11H2,1H3,(H,21,27). The van der Waals surface area contributed by atoms with Crippen LogP contribution in [-0.4, -0.2) is 45.7 Å². The van der Waals surface area contributed by atoms with Crippen molar-refractivity contribution in [3.8, 4) is 5.75 Å². The van der Waals surface area contributed by atoms with Crippen LogP contribution in [0.25, 0.3) is 0 Å². The summed E-state index contributed by atoms with van der Waals surface area (Å²) >= 11 is 0. The molecule has 2 heterocycles. The minimum atomic E-state index is -0.822. The summed E-state index contributed by atoms with van der Waals surface area (Å²) in [5.41, 5.74) is 0.439. The fraction of sp³-hybridized carbons (Fsp3) is 0.526. The number of rotatable bonds is 5. The topological polar surface area (TPSA) is 102 Å². The van der Waals surface area contributed by atoms with Crippen LogP contribution in [-0.2, 0) is 15.1 Å². The van der Waals surface area contributed by atoms with Gasteiger partial charge < -0.3 is 15.0 Å². The van der Waals surface area contributed by atoms with Crippen molar-refractivity contribution >= 4 is 23.2 Å². The van der Waals surface area contributed by atoms with E-state index in [1.54, 1.807) is 28.8 Å². The highest BCUT2D eigenvalue weighted by atomic mass is 16.5. The SMILES string of the molecule is COc1ccc(N2CCCC2=O)c(NC(=O)C2(n3cnnn3)CCCCC2)c1. The third kappa shape index (κ3) is 3.21. The van der Waals surface area contributed by atoms with E-state index >= 15 is 0 Å². The number of tetrazole rings is 1. The molecule has 1 aliphatic carbocycles. The number of hydrogen-bond acceptors (Lipinski definition) is 6. The molecule has 2 aliphatic rings. The van der Waals surface area contributed by atoms with Gasteiger partial charge in [-0.15, -0.1) is 5.10 Å². The van der Waals surface area contributed by atoms with Gasteiger partial charge in [0, 0.05) is 19.0 Å². The summed E-state index contributed by atoms with van der Waals surface area (Å²) in [6.45, 7) is 0.645. The molecular weight excluding hydrogens is 360 g/mol. The first-order valence-electron chi connectivity index (χ1n) is 9.67. The number of amides is 2. The van der Waals surface area contributed by atoms with Crippen LogP contribution in [0.2, 0.25) is 0 Å². The predicted molar refractivity (Wildman–Crippen MR) is 102 cm³/mol. The van der Waals surface area contributed by atoms with Crippen molar-refractivity contribution in [1.82, 2.24) is 20.2 Å². The summed E-state index contributed by atoms with van der Waals surface area (Å²) in [6.07, 6.45) is 7.13. The summed E-state index contributed by atoms with van der Waals surface area (Å²) in [4.78, 5) is 27.5. The van der Waals surface area contributed by atoms with Crippen LogP contribution in [0, 0.1) is 0 Å². The summed E-state index contributed by atoms with van der Waals surface area (Å²) in [5.74, 6) is 0.514. The number of benzene rings is 1. The molecule has 9 nitrogen and oxygen atoms in total. The van der Waals surface area contributed by atoms with Crippen molar-refractivity contribution in [2.24, 2.45) is 0 Å². The first-order valence-corrected chi connectivity index (χ1v) is 9.67. The highest BCUT2D eigenvalue weighted by Gasteiger charge is 2.43. The third-order valence-electron chi connectivity index (χ3n) is 5.71. The summed E-state index contributed by atoms with van der Waals surface area (Å²) in [7, 11) is 1.57. The molecule has 1 aliphatic heterocycles. The Balaban J connectivity index is 1.69. The van der Waals surface area contributed by atoms with Crippen molar-refractivity contribution in [1.29, 1.82) is 0 Å². The molecular formula is C19H24N6O3. The maximum atomic E-state index is 13.5. The second kappa shape index (κ2) is 7.57. The zero-order valence-electron chi connectivity index (χ0n) is 15.9. The molecule has 28 heavy (non-hydrogen) atoms. The number of anilines is 2. The number of hydrogen-bond donors (Lipinski definition) is 1. The Kier molecular flexibility index (Phi) is 4.97. The molecule has 1 N–H and O–H groups in total. The molecule has 0 radical (unpaired) electrons. The number of ether oxygens (including phenoxy) is 1. The van der Waals surface area contributed by atoms with Gasteiger partial charge in [-0.05, 0) is 41.8 Å². The van der Waals surface area contributed by atoms with Crippen LogP contribution in [0.15, 0.2) is 24.5 Å². The molecule has 1 saturated heterocycles. The molecule has 0 atom stereocenters. The van der Waals surface area contributed by atoms with Crippen LogP contribution in [0.5, 0.6) is 5.75 Å². The lowest BCUT2D eigenvalue weighted by molar-refractivity contribution is -0.127. The van der Waals surface area contributed by atoms with Crippen LogP contribution in [0.3, 0.4) is 0 Å². The van der Waals surface area contributed by atoms with Crippen molar-refractivity contribution in [3.05, 3.63) is 24.5 Å². The normalized spacial score (nSPS) is 18.9. The van der Waals surface area contributed by atoms with E-state index in [-0.39, 0.29) is 11.8 Å². The molecule has 2 aromatic rings. The van der Waals surface area contributed by atoms with E-state index in [1.165, 1.54) is 6.33 Å². The van der Waals surface area contributed by atoms with Crippen molar-refractivity contribution in [3.63, 3.8) is 0 Å². The van der Waals surface area contributed by atoms with E-state index < -0.39 is 5.54 Å². The number of carbonyl (C=O) groups is 2. The summed E-state index contributed by atoms with van der Waals surface area (Å²) < 4.78 is 6.90. The monoisotopic (exact) mass is 384 g/mol. The Bertz CT molecular complexity index is 861. The zero-order chi connectivity index (χ0) is 19.6. The fourth-order valence-electron chi connectivity index (χ4n) is 4.17. The fourth-order valence-corrected chi connectivity index (χ4v) is 4.17. The van der Waals surface area contributed by atoms with Gasteiger partial charge in [-0.25, -0.2) is 4.68 Å². The third-order valence-corrected chi connectivity index (χ3v) is 5.71. The van der Waals surface area contributed by atoms with Gasteiger partial charge in [0.2, 0.25) is 5.91 Å². The van der Waals surface area contributed by atoms with Crippen LogP contribution in [0.4, 0.5) is 11.4 Å². The van der Waals surface area contributed by atoms with Crippen LogP contribution in [0.1, 0.15) is 44.9 Å².